The summed E-state index contributed by atoms with van der Waals surface area (Å²) in [6.45, 7) is 1.90. The van der Waals surface area contributed by atoms with Crippen LogP contribution in [0, 0.1) is 11.6 Å². The summed E-state index contributed by atoms with van der Waals surface area (Å²) in [5.41, 5.74) is 0.313. The van der Waals surface area contributed by atoms with Gasteiger partial charge in [0, 0.05) is 19.2 Å². The summed E-state index contributed by atoms with van der Waals surface area (Å²) in [5, 5.41) is 0.305. The summed E-state index contributed by atoms with van der Waals surface area (Å²) in [7, 11) is 0. The van der Waals surface area contributed by atoms with Gasteiger partial charge in [-0.15, -0.1) is 0 Å². The second-order valence-electron chi connectivity index (χ2n) is 5.74. The molecule has 0 aliphatic carbocycles. The first kappa shape index (κ1) is 17.4. The normalized spacial score (nSPS) is 17.8. The fourth-order valence-corrected chi connectivity index (χ4v) is 3.09. The van der Waals surface area contributed by atoms with Crippen LogP contribution in [0.15, 0.2) is 42.5 Å². The highest BCUT2D eigenvalue weighted by atomic mass is 35.5. The summed E-state index contributed by atoms with van der Waals surface area (Å²) in [6, 6.07) is 8.85. The zero-order valence-electron chi connectivity index (χ0n) is 13.4. The Hall–Kier alpha value is -2.47. The highest BCUT2D eigenvalue weighted by Gasteiger charge is 2.36. The van der Waals surface area contributed by atoms with Gasteiger partial charge in [-0.1, -0.05) is 23.7 Å². The maximum absolute atomic E-state index is 14.0. The number of halogens is 3. The van der Waals surface area contributed by atoms with Crippen LogP contribution in [-0.2, 0) is 4.79 Å². The quantitative estimate of drug-likeness (QED) is 0.818. The molecule has 1 unspecified atom stereocenters. The van der Waals surface area contributed by atoms with Crippen LogP contribution in [0.1, 0.15) is 17.3 Å². The number of piperazine rings is 1. The number of anilines is 1. The largest absolute Gasteiger partial charge is 0.325 e. The van der Waals surface area contributed by atoms with Crippen molar-refractivity contribution in [3.05, 3.63) is 64.7 Å². The highest BCUT2D eigenvalue weighted by molar-refractivity contribution is 6.33. The molecular formula is C18H15ClF2N2O2. The van der Waals surface area contributed by atoms with Gasteiger partial charge in [-0.25, -0.2) is 8.78 Å². The molecule has 2 aromatic carbocycles. The molecule has 130 valence electrons. The van der Waals surface area contributed by atoms with Gasteiger partial charge in [0.05, 0.1) is 16.3 Å². The highest BCUT2D eigenvalue weighted by Crippen LogP contribution is 2.26. The van der Waals surface area contributed by atoms with Crippen molar-refractivity contribution in [1.29, 1.82) is 0 Å². The molecule has 0 spiro atoms. The number of nitrogens with zero attached hydrogens (tertiary/aromatic N) is 2. The van der Waals surface area contributed by atoms with Crippen molar-refractivity contribution in [2.75, 3.05) is 18.0 Å². The van der Waals surface area contributed by atoms with Crippen LogP contribution in [0.2, 0.25) is 5.02 Å². The molecule has 2 amide bonds. The Balaban J connectivity index is 1.84. The van der Waals surface area contributed by atoms with Crippen molar-refractivity contribution in [2.24, 2.45) is 0 Å². The third-order valence-corrected chi connectivity index (χ3v) is 4.55. The molecule has 1 atom stereocenters. The van der Waals surface area contributed by atoms with E-state index >= 15 is 0 Å². The summed E-state index contributed by atoms with van der Waals surface area (Å²) in [4.78, 5) is 27.9. The SMILES string of the molecule is CC1C(=O)N(c2ccc(F)cc2F)CCN1C(=O)c1ccccc1Cl. The maximum Gasteiger partial charge on any atom is 0.256 e. The van der Waals surface area contributed by atoms with Crippen molar-refractivity contribution in [2.45, 2.75) is 13.0 Å². The van der Waals surface area contributed by atoms with Crippen molar-refractivity contribution in [3.8, 4) is 0 Å². The molecule has 3 rings (SSSR count). The number of carbonyl (C=O) groups excluding carboxylic acids is 2. The number of amides is 2. The van der Waals surface area contributed by atoms with Crippen LogP contribution in [0.4, 0.5) is 14.5 Å². The molecular weight excluding hydrogens is 350 g/mol. The molecule has 4 nitrogen and oxygen atoms in total. The lowest BCUT2D eigenvalue weighted by Crippen LogP contribution is -2.58. The lowest BCUT2D eigenvalue weighted by atomic mass is 10.1. The Morgan fingerprint density at radius 1 is 1.16 bits per heavy atom. The Labute approximate surface area is 148 Å². The lowest BCUT2D eigenvalue weighted by molar-refractivity contribution is -0.124. The van der Waals surface area contributed by atoms with Gasteiger partial charge in [0.1, 0.15) is 17.7 Å². The number of rotatable bonds is 2. The van der Waals surface area contributed by atoms with Gasteiger partial charge in [-0.3, -0.25) is 9.59 Å². The van der Waals surface area contributed by atoms with Crippen molar-refractivity contribution in [1.82, 2.24) is 4.90 Å². The van der Waals surface area contributed by atoms with E-state index in [1.807, 2.05) is 0 Å². The average molecular weight is 365 g/mol. The van der Waals surface area contributed by atoms with E-state index in [1.54, 1.807) is 31.2 Å². The predicted octanol–water partition coefficient (Wildman–Crippen LogP) is 3.50. The maximum atomic E-state index is 14.0. The van der Waals surface area contributed by atoms with E-state index in [1.165, 1.54) is 15.9 Å². The summed E-state index contributed by atoms with van der Waals surface area (Å²) in [6.07, 6.45) is 0. The molecule has 7 heteroatoms. The molecule has 0 saturated carbocycles. The smallest absolute Gasteiger partial charge is 0.256 e. The van der Waals surface area contributed by atoms with E-state index < -0.39 is 23.6 Å². The topological polar surface area (TPSA) is 40.6 Å². The Kier molecular flexibility index (Phi) is 4.72. The van der Waals surface area contributed by atoms with Crippen molar-refractivity contribution in [3.63, 3.8) is 0 Å². The first-order valence-corrected chi connectivity index (χ1v) is 8.10. The zero-order chi connectivity index (χ0) is 18.1. The monoisotopic (exact) mass is 364 g/mol. The van der Waals surface area contributed by atoms with Crippen LogP contribution >= 0.6 is 11.6 Å². The third-order valence-electron chi connectivity index (χ3n) is 4.22. The van der Waals surface area contributed by atoms with Crippen LogP contribution in [0.5, 0.6) is 0 Å². The Morgan fingerprint density at radius 3 is 2.56 bits per heavy atom. The fraction of sp³-hybridized carbons (Fsp3) is 0.222. The van der Waals surface area contributed by atoms with Gasteiger partial charge in [0.25, 0.3) is 5.91 Å². The van der Waals surface area contributed by atoms with Gasteiger partial charge in [0.2, 0.25) is 5.91 Å². The van der Waals surface area contributed by atoms with E-state index in [9.17, 15) is 18.4 Å². The van der Waals surface area contributed by atoms with E-state index in [2.05, 4.69) is 0 Å². The second kappa shape index (κ2) is 6.80. The fourth-order valence-electron chi connectivity index (χ4n) is 2.88. The molecule has 1 heterocycles. The minimum absolute atomic E-state index is 0.00286. The van der Waals surface area contributed by atoms with Gasteiger partial charge in [0.15, 0.2) is 0 Å². The minimum atomic E-state index is -0.813. The van der Waals surface area contributed by atoms with Crippen molar-refractivity contribution < 1.29 is 18.4 Å². The zero-order valence-corrected chi connectivity index (χ0v) is 14.1. The molecule has 1 aliphatic heterocycles. The van der Waals surface area contributed by atoms with E-state index in [0.717, 1.165) is 12.1 Å². The molecule has 0 N–H and O–H groups in total. The molecule has 0 aromatic heterocycles. The molecule has 0 radical (unpaired) electrons. The first-order chi connectivity index (χ1) is 11.9. The van der Waals surface area contributed by atoms with E-state index in [-0.39, 0.29) is 24.7 Å². The number of carbonyl (C=O) groups is 2. The van der Waals surface area contributed by atoms with Gasteiger partial charge in [-0.2, -0.15) is 0 Å². The number of hydrogen-bond donors (Lipinski definition) is 0. The minimum Gasteiger partial charge on any atom is -0.325 e. The van der Waals surface area contributed by atoms with Crippen molar-refractivity contribution >= 4 is 29.1 Å². The molecule has 1 aliphatic rings. The Morgan fingerprint density at radius 2 is 1.88 bits per heavy atom. The van der Waals surface area contributed by atoms with E-state index in [0.29, 0.717) is 10.6 Å². The van der Waals surface area contributed by atoms with Crippen LogP contribution in [0.25, 0.3) is 0 Å². The van der Waals surface area contributed by atoms with Crippen LogP contribution in [0.3, 0.4) is 0 Å². The molecule has 2 aromatic rings. The molecule has 1 saturated heterocycles. The van der Waals surface area contributed by atoms with E-state index in [4.69, 9.17) is 11.6 Å². The first-order valence-electron chi connectivity index (χ1n) is 7.72. The summed E-state index contributed by atoms with van der Waals surface area (Å²) in [5.74, 6) is -2.32. The van der Waals surface area contributed by atoms with Gasteiger partial charge in [-0.05, 0) is 31.2 Å². The number of benzene rings is 2. The van der Waals surface area contributed by atoms with Crippen LogP contribution in [-0.4, -0.2) is 35.8 Å². The summed E-state index contributed by atoms with van der Waals surface area (Å²) < 4.78 is 27.1. The van der Waals surface area contributed by atoms with Gasteiger partial charge < -0.3 is 9.80 Å². The predicted molar refractivity (Wildman–Crippen MR) is 90.7 cm³/mol. The molecule has 0 bridgehead atoms. The lowest BCUT2D eigenvalue weighted by Gasteiger charge is -2.39. The van der Waals surface area contributed by atoms with Gasteiger partial charge >= 0.3 is 0 Å². The summed E-state index contributed by atoms with van der Waals surface area (Å²) >= 11 is 6.05. The molecule has 25 heavy (non-hydrogen) atoms. The second-order valence-corrected chi connectivity index (χ2v) is 6.15. The van der Waals surface area contributed by atoms with Crippen LogP contribution < -0.4 is 4.90 Å². The number of hydrogen-bond acceptors (Lipinski definition) is 2. The molecule has 1 fully saturated rings. The standard InChI is InChI=1S/C18H15ClF2N2O2/c1-11-17(24)23(16-7-6-12(20)10-15(16)21)9-8-22(11)18(25)13-4-2-3-5-14(13)19/h2-7,10-11H,8-9H2,1H3. The average Bonchev–Trinajstić information content (AvgIpc) is 2.58. The third kappa shape index (κ3) is 3.22. The Bertz CT molecular complexity index is 844.